The lowest BCUT2D eigenvalue weighted by atomic mass is 10.1. The molecular weight excluding hydrogens is 318 g/mol. The lowest BCUT2D eigenvalue weighted by Crippen LogP contribution is -2.32. The van der Waals surface area contributed by atoms with Gasteiger partial charge in [0, 0.05) is 25.2 Å². The minimum atomic E-state index is -3.89. The Morgan fingerprint density at radius 1 is 1.38 bits per heavy atom. The smallest absolute Gasteiger partial charge is 0.289 e. The number of nitrogens with zero attached hydrogens (tertiary/aromatic N) is 2. The van der Waals surface area contributed by atoms with Crippen LogP contribution in [0.4, 0.5) is 5.69 Å². The van der Waals surface area contributed by atoms with Gasteiger partial charge in [-0.3, -0.25) is 10.1 Å². The highest BCUT2D eigenvalue weighted by Crippen LogP contribution is 2.32. The van der Waals surface area contributed by atoms with Gasteiger partial charge >= 0.3 is 0 Å². The van der Waals surface area contributed by atoms with Gasteiger partial charge in [0.2, 0.25) is 10.0 Å². The Balaban J connectivity index is 0.00000220. The van der Waals surface area contributed by atoms with Gasteiger partial charge < -0.3 is 5.73 Å². The molecule has 1 aromatic carbocycles. The van der Waals surface area contributed by atoms with Crippen LogP contribution in [0.25, 0.3) is 0 Å². The van der Waals surface area contributed by atoms with Crippen LogP contribution < -0.4 is 5.73 Å². The number of hydrogen-bond donors (Lipinski definition) is 1. The van der Waals surface area contributed by atoms with Gasteiger partial charge in [0.15, 0.2) is 4.90 Å². The highest BCUT2D eigenvalue weighted by atomic mass is 35.5. The van der Waals surface area contributed by atoms with E-state index < -0.39 is 14.9 Å². The highest BCUT2D eigenvalue weighted by Gasteiger charge is 2.37. The van der Waals surface area contributed by atoms with Gasteiger partial charge in [-0.1, -0.05) is 6.07 Å². The number of hydrogen-bond acceptors (Lipinski definition) is 5. The summed E-state index contributed by atoms with van der Waals surface area (Å²) in [6, 6.07) is 2.59. The summed E-state index contributed by atoms with van der Waals surface area (Å²) >= 11 is 0. The van der Waals surface area contributed by atoms with Crippen molar-refractivity contribution < 1.29 is 13.3 Å². The SMILES string of the molecule is Cc1ccc([N+](=O)[O-])c(S(=O)(=O)N2CC[C@@H](N)C2)c1C.Cl. The fourth-order valence-corrected chi connectivity index (χ4v) is 4.29. The number of sulfonamides is 1. The second-order valence-electron chi connectivity index (χ2n) is 5.02. The molecule has 0 spiro atoms. The Hall–Kier alpha value is -1.22. The molecule has 1 heterocycles. The third-order valence-electron chi connectivity index (χ3n) is 3.64. The molecule has 7 nitrogen and oxygen atoms in total. The molecule has 1 atom stereocenters. The van der Waals surface area contributed by atoms with Crippen molar-refractivity contribution in [1.82, 2.24) is 4.31 Å². The molecule has 1 aliphatic rings. The molecule has 1 fully saturated rings. The van der Waals surface area contributed by atoms with E-state index >= 15 is 0 Å². The van der Waals surface area contributed by atoms with Crippen molar-refractivity contribution in [2.24, 2.45) is 5.73 Å². The van der Waals surface area contributed by atoms with Crippen molar-refractivity contribution in [3.8, 4) is 0 Å². The van der Waals surface area contributed by atoms with E-state index in [1.165, 1.54) is 10.4 Å². The van der Waals surface area contributed by atoms with Crippen LogP contribution in [-0.2, 0) is 10.0 Å². The molecule has 0 unspecified atom stereocenters. The molecule has 0 radical (unpaired) electrons. The van der Waals surface area contributed by atoms with Gasteiger partial charge in [-0.15, -0.1) is 12.4 Å². The number of aryl methyl sites for hydroxylation is 1. The molecule has 2 rings (SSSR count). The van der Waals surface area contributed by atoms with E-state index in [9.17, 15) is 18.5 Å². The summed E-state index contributed by atoms with van der Waals surface area (Å²) < 4.78 is 26.5. The normalized spacial score (nSPS) is 19.3. The lowest BCUT2D eigenvalue weighted by molar-refractivity contribution is -0.388. The van der Waals surface area contributed by atoms with Crippen molar-refractivity contribution in [1.29, 1.82) is 0 Å². The second kappa shape index (κ2) is 6.27. The van der Waals surface area contributed by atoms with Crippen molar-refractivity contribution in [3.05, 3.63) is 33.4 Å². The third kappa shape index (κ3) is 3.18. The first kappa shape index (κ1) is 17.8. The van der Waals surface area contributed by atoms with Crippen molar-refractivity contribution in [3.63, 3.8) is 0 Å². The summed E-state index contributed by atoms with van der Waals surface area (Å²) in [5.74, 6) is 0. The quantitative estimate of drug-likeness (QED) is 0.663. The van der Waals surface area contributed by atoms with Crippen LogP contribution in [-0.4, -0.2) is 36.8 Å². The Labute approximate surface area is 129 Å². The zero-order valence-electron chi connectivity index (χ0n) is 11.8. The maximum atomic E-state index is 12.6. The summed E-state index contributed by atoms with van der Waals surface area (Å²) in [6.07, 6.45) is 0.567. The molecule has 0 bridgehead atoms. The van der Waals surface area contributed by atoms with Gasteiger partial charge in [-0.2, -0.15) is 4.31 Å². The van der Waals surface area contributed by atoms with Gasteiger partial charge in [0.25, 0.3) is 5.69 Å². The molecule has 0 saturated carbocycles. The largest absolute Gasteiger partial charge is 0.326 e. The first-order chi connectivity index (χ1) is 9.25. The maximum Gasteiger partial charge on any atom is 0.289 e. The van der Waals surface area contributed by atoms with Gasteiger partial charge in [0.1, 0.15) is 0 Å². The van der Waals surface area contributed by atoms with E-state index in [1.54, 1.807) is 19.9 Å². The molecule has 118 valence electrons. The molecule has 1 saturated heterocycles. The first-order valence-electron chi connectivity index (χ1n) is 6.25. The molecule has 21 heavy (non-hydrogen) atoms. The minimum Gasteiger partial charge on any atom is -0.326 e. The predicted molar refractivity (Wildman–Crippen MR) is 81.2 cm³/mol. The molecule has 2 N–H and O–H groups in total. The summed E-state index contributed by atoms with van der Waals surface area (Å²) in [5.41, 5.74) is 6.47. The van der Waals surface area contributed by atoms with Gasteiger partial charge in [-0.05, 0) is 31.4 Å². The van der Waals surface area contributed by atoms with Crippen LogP contribution in [0.5, 0.6) is 0 Å². The monoisotopic (exact) mass is 335 g/mol. The maximum absolute atomic E-state index is 12.6. The molecule has 0 aromatic heterocycles. The molecule has 1 aliphatic heterocycles. The topological polar surface area (TPSA) is 107 Å². The van der Waals surface area contributed by atoms with Crippen LogP contribution in [0.1, 0.15) is 17.5 Å². The zero-order chi connectivity index (χ0) is 15.1. The van der Waals surface area contributed by atoms with E-state index in [1.807, 2.05) is 0 Å². The van der Waals surface area contributed by atoms with Crippen LogP contribution in [0.15, 0.2) is 17.0 Å². The van der Waals surface area contributed by atoms with Crippen LogP contribution >= 0.6 is 12.4 Å². The van der Waals surface area contributed by atoms with Crippen molar-refractivity contribution >= 4 is 28.1 Å². The van der Waals surface area contributed by atoms with E-state index in [0.29, 0.717) is 24.1 Å². The second-order valence-corrected chi connectivity index (χ2v) is 6.90. The predicted octanol–water partition coefficient (Wildman–Crippen LogP) is 1.36. The number of rotatable bonds is 3. The standard InChI is InChI=1S/C12H17N3O4S.ClH/c1-8-3-4-11(15(16)17)12(9(8)2)20(18,19)14-6-5-10(13)7-14;/h3-4,10H,5-7,13H2,1-2H3;1H/t10-;/m1./s1. The fraction of sp³-hybridized carbons (Fsp3) is 0.500. The Kier molecular flexibility index (Phi) is 5.32. The van der Waals surface area contributed by atoms with Crippen LogP contribution in [0, 0.1) is 24.0 Å². The summed E-state index contributed by atoms with van der Waals surface area (Å²) in [5, 5.41) is 11.1. The minimum absolute atomic E-state index is 0. The van der Waals surface area contributed by atoms with Gasteiger partial charge in [0.05, 0.1) is 4.92 Å². The highest BCUT2D eigenvalue weighted by molar-refractivity contribution is 7.89. The number of nitro benzene ring substituents is 1. The lowest BCUT2D eigenvalue weighted by Gasteiger charge is -2.18. The van der Waals surface area contributed by atoms with Crippen LogP contribution in [0.3, 0.4) is 0 Å². The summed E-state index contributed by atoms with van der Waals surface area (Å²) in [6.45, 7) is 3.82. The summed E-state index contributed by atoms with van der Waals surface area (Å²) in [7, 11) is -3.89. The van der Waals surface area contributed by atoms with E-state index in [2.05, 4.69) is 0 Å². The third-order valence-corrected chi connectivity index (χ3v) is 5.68. The molecule has 9 heteroatoms. The summed E-state index contributed by atoms with van der Waals surface area (Å²) in [4.78, 5) is 10.2. The van der Waals surface area contributed by atoms with E-state index in [4.69, 9.17) is 5.73 Å². The fourth-order valence-electron chi connectivity index (χ4n) is 2.35. The average Bonchev–Trinajstić information content (AvgIpc) is 2.79. The van der Waals surface area contributed by atoms with Crippen molar-refractivity contribution in [2.75, 3.05) is 13.1 Å². The van der Waals surface area contributed by atoms with Crippen molar-refractivity contribution in [2.45, 2.75) is 31.2 Å². The van der Waals surface area contributed by atoms with E-state index in [0.717, 1.165) is 0 Å². The molecular formula is C12H18ClN3O4S. The molecule has 1 aromatic rings. The Morgan fingerprint density at radius 2 is 2.00 bits per heavy atom. The molecule has 0 aliphatic carbocycles. The Bertz CT molecular complexity index is 663. The average molecular weight is 336 g/mol. The Morgan fingerprint density at radius 3 is 2.48 bits per heavy atom. The number of halogens is 1. The van der Waals surface area contributed by atoms with Crippen LogP contribution in [0.2, 0.25) is 0 Å². The zero-order valence-corrected chi connectivity index (χ0v) is 13.4. The first-order valence-corrected chi connectivity index (χ1v) is 7.69. The molecule has 0 amide bonds. The number of nitrogens with two attached hydrogens (primary N) is 1. The number of benzene rings is 1. The van der Waals surface area contributed by atoms with E-state index in [-0.39, 0.29) is 35.6 Å². The van der Waals surface area contributed by atoms with Gasteiger partial charge in [-0.25, -0.2) is 8.42 Å². The number of nitro groups is 1.